The quantitative estimate of drug-likeness (QED) is 0.709. The molecule has 6 heteroatoms. The number of hydrogen-bond donors (Lipinski definition) is 2. The van der Waals surface area contributed by atoms with Crippen molar-refractivity contribution in [1.29, 1.82) is 0 Å². The Bertz CT molecular complexity index is 521. The Hall–Kier alpha value is -1.43. The van der Waals surface area contributed by atoms with Gasteiger partial charge in [-0.2, -0.15) is 0 Å². The van der Waals surface area contributed by atoms with Gasteiger partial charge in [0.25, 0.3) is 5.56 Å². The summed E-state index contributed by atoms with van der Waals surface area (Å²) in [5.41, 5.74) is 5.65. The van der Waals surface area contributed by atoms with Crippen molar-refractivity contribution in [2.75, 3.05) is 5.73 Å². The molecule has 0 amide bonds. The van der Waals surface area contributed by atoms with Gasteiger partial charge in [0.05, 0.1) is 16.2 Å². The monoisotopic (exact) mass is 240 g/mol. The summed E-state index contributed by atoms with van der Waals surface area (Å²) in [7, 11) is 0. The second-order valence-electron chi connectivity index (χ2n) is 2.46. The lowest BCUT2D eigenvalue weighted by Crippen LogP contribution is -2.08. The minimum absolute atomic E-state index is 0.224. The van der Waals surface area contributed by atoms with Gasteiger partial charge in [-0.3, -0.25) is 4.79 Å². The Morgan fingerprint density at radius 3 is 3.08 bits per heavy atom. The number of nitrogen functional groups attached to an aromatic ring is 1. The average Bonchev–Trinajstić information content (AvgIpc) is 2.09. The number of H-pyrrole nitrogens is 1. The van der Waals surface area contributed by atoms with Crippen molar-refractivity contribution in [2.24, 2.45) is 0 Å². The molecular formula is C7H5BrN4O. The van der Waals surface area contributed by atoms with Gasteiger partial charge in [0.15, 0.2) is 5.65 Å². The summed E-state index contributed by atoms with van der Waals surface area (Å²) in [5, 5.41) is 0.420. The molecule has 0 spiro atoms. The van der Waals surface area contributed by atoms with Crippen molar-refractivity contribution in [3.05, 3.63) is 27.2 Å². The predicted molar refractivity (Wildman–Crippen MR) is 52.3 cm³/mol. The van der Waals surface area contributed by atoms with Crippen molar-refractivity contribution >= 4 is 32.8 Å². The average molecular weight is 241 g/mol. The fourth-order valence-electron chi connectivity index (χ4n) is 0.988. The lowest BCUT2D eigenvalue weighted by Gasteiger charge is -1.98. The third-order valence-corrected chi connectivity index (χ3v) is 2.25. The first-order valence-corrected chi connectivity index (χ1v) is 4.27. The van der Waals surface area contributed by atoms with Gasteiger partial charge in [-0.1, -0.05) is 0 Å². The number of pyridine rings is 1. The summed E-state index contributed by atoms with van der Waals surface area (Å²) in [5.74, 6) is 0.325. The van der Waals surface area contributed by atoms with E-state index in [0.717, 1.165) is 0 Å². The van der Waals surface area contributed by atoms with Crippen LogP contribution in [0.4, 0.5) is 5.82 Å². The fraction of sp³-hybridized carbons (Fsp3) is 0. The van der Waals surface area contributed by atoms with E-state index in [0.29, 0.717) is 21.3 Å². The Kier molecular flexibility index (Phi) is 1.77. The van der Waals surface area contributed by atoms with Crippen LogP contribution < -0.4 is 11.3 Å². The van der Waals surface area contributed by atoms with Crippen LogP contribution in [0.3, 0.4) is 0 Å². The maximum absolute atomic E-state index is 11.2. The van der Waals surface area contributed by atoms with Gasteiger partial charge in [0.2, 0.25) is 0 Å². The van der Waals surface area contributed by atoms with E-state index in [1.165, 1.54) is 6.33 Å². The molecule has 5 nitrogen and oxygen atoms in total. The van der Waals surface area contributed by atoms with Crippen LogP contribution >= 0.6 is 15.9 Å². The molecule has 0 fully saturated rings. The molecule has 0 aliphatic heterocycles. The molecule has 0 aromatic carbocycles. The molecule has 0 saturated heterocycles. The Morgan fingerprint density at radius 1 is 1.54 bits per heavy atom. The maximum Gasteiger partial charge on any atom is 0.260 e. The van der Waals surface area contributed by atoms with Crippen molar-refractivity contribution in [1.82, 2.24) is 15.0 Å². The van der Waals surface area contributed by atoms with E-state index < -0.39 is 0 Å². The van der Waals surface area contributed by atoms with Crippen LogP contribution in [0.1, 0.15) is 0 Å². The summed E-state index contributed by atoms with van der Waals surface area (Å²) in [6, 6.07) is 1.60. The molecule has 0 aliphatic carbocycles. The zero-order chi connectivity index (χ0) is 9.42. The van der Waals surface area contributed by atoms with Crippen molar-refractivity contribution in [2.45, 2.75) is 0 Å². The van der Waals surface area contributed by atoms with E-state index in [1.54, 1.807) is 6.07 Å². The zero-order valence-corrected chi connectivity index (χ0v) is 8.00. The highest BCUT2D eigenvalue weighted by Gasteiger charge is 2.04. The molecule has 0 unspecified atom stereocenters. The van der Waals surface area contributed by atoms with Gasteiger partial charge in [-0.25, -0.2) is 9.97 Å². The fourth-order valence-corrected chi connectivity index (χ4v) is 1.31. The minimum Gasteiger partial charge on any atom is -0.383 e. The van der Waals surface area contributed by atoms with Crippen LogP contribution in [0, 0.1) is 0 Å². The van der Waals surface area contributed by atoms with Crippen molar-refractivity contribution in [3.63, 3.8) is 0 Å². The van der Waals surface area contributed by atoms with Crippen LogP contribution in [0.2, 0.25) is 0 Å². The molecule has 0 bridgehead atoms. The summed E-state index contributed by atoms with van der Waals surface area (Å²) in [6.07, 6.45) is 1.30. The van der Waals surface area contributed by atoms with Gasteiger partial charge < -0.3 is 10.7 Å². The van der Waals surface area contributed by atoms with E-state index in [9.17, 15) is 4.79 Å². The van der Waals surface area contributed by atoms with E-state index in [4.69, 9.17) is 5.73 Å². The van der Waals surface area contributed by atoms with E-state index in [1.807, 2.05) is 0 Å². The number of hydrogen-bond acceptors (Lipinski definition) is 4. The first-order valence-electron chi connectivity index (χ1n) is 3.48. The predicted octanol–water partition coefficient (Wildman–Crippen LogP) is 0.663. The number of aromatic amines is 1. The SMILES string of the molecule is Nc1nc2nc[nH]c(=O)c2cc1Br. The third kappa shape index (κ3) is 1.29. The lowest BCUT2D eigenvalue weighted by atomic mass is 10.3. The van der Waals surface area contributed by atoms with Crippen LogP contribution in [0.25, 0.3) is 11.0 Å². The van der Waals surface area contributed by atoms with Gasteiger partial charge in [-0.15, -0.1) is 0 Å². The highest BCUT2D eigenvalue weighted by molar-refractivity contribution is 9.10. The normalized spacial score (nSPS) is 10.5. The highest BCUT2D eigenvalue weighted by Crippen LogP contribution is 2.19. The second kappa shape index (κ2) is 2.81. The molecule has 2 aromatic rings. The highest BCUT2D eigenvalue weighted by atomic mass is 79.9. The van der Waals surface area contributed by atoms with E-state index in [-0.39, 0.29) is 5.56 Å². The first-order chi connectivity index (χ1) is 6.18. The van der Waals surface area contributed by atoms with E-state index >= 15 is 0 Å². The van der Waals surface area contributed by atoms with Crippen LogP contribution in [0.15, 0.2) is 21.7 Å². The van der Waals surface area contributed by atoms with Crippen LogP contribution in [-0.2, 0) is 0 Å². The number of halogens is 1. The maximum atomic E-state index is 11.2. The molecule has 2 rings (SSSR count). The number of nitrogens with one attached hydrogen (secondary N) is 1. The topological polar surface area (TPSA) is 84.7 Å². The molecular weight excluding hydrogens is 236 g/mol. The number of fused-ring (bicyclic) bond motifs is 1. The molecule has 0 saturated carbocycles. The summed E-state index contributed by atoms with van der Waals surface area (Å²) >= 11 is 3.18. The zero-order valence-electron chi connectivity index (χ0n) is 6.41. The number of nitrogens with two attached hydrogens (primary N) is 1. The van der Waals surface area contributed by atoms with Crippen molar-refractivity contribution < 1.29 is 0 Å². The molecule has 2 heterocycles. The second-order valence-corrected chi connectivity index (χ2v) is 3.31. The number of rotatable bonds is 0. The summed E-state index contributed by atoms with van der Waals surface area (Å²) in [6.45, 7) is 0. The Morgan fingerprint density at radius 2 is 2.31 bits per heavy atom. The Balaban J connectivity index is 2.97. The van der Waals surface area contributed by atoms with Gasteiger partial charge in [0.1, 0.15) is 5.82 Å². The van der Waals surface area contributed by atoms with Gasteiger partial charge in [0, 0.05) is 0 Å². The van der Waals surface area contributed by atoms with Crippen molar-refractivity contribution in [3.8, 4) is 0 Å². The standard InChI is InChI=1S/C7H5BrN4O/c8-4-1-3-6(12-5(4)9)10-2-11-7(3)13/h1-2H,(H3,9,10,11,12,13). The largest absolute Gasteiger partial charge is 0.383 e. The molecule has 13 heavy (non-hydrogen) atoms. The molecule has 0 aliphatic rings. The van der Waals surface area contributed by atoms with Crippen LogP contribution in [0.5, 0.6) is 0 Å². The molecule has 2 aromatic heterocycles. The number of aromatic nitrogens is 3. The summed E-state index contributed by atoms with van der Waals surface area (Å²) in [4.78, 5) is 21.5. The number of anilines is 1. The third-order valence-electron chi connectivity index (χ3n) is 1.61. The van der Waals surface area contributed by atoms with Gasteiger partial charge >= 0.3 is 0 Å². The molecule has 0 radical (unpaired) electrons. The molecule has 0 atom stereocenters. The molecule has 3 N–H and O–H groups in total. The summed E-state index contributed by atoms with van der Waals surface area (Å²) < 4.78 is 0.596. The van der Waals surface area contributed by atoms with Gasteiger partial charge in [-0.05, 0) is 22.0 Å². The smallest absolute Gasteiger partial charge is 0.260 e. The minimum atomic E-state index is -0.224. The van der Waals surface area contributed by atoms with Crippen LogP contribution in [-0.4, -0.2) is 15.0 Å². The first kappa shape index (κ1) is 8.18. The lowest BCUT2D eigenvalue weighted by molar-refractivity contribution is 1.14. The van der Waals surface area contributed by atoms with E-state index in [2.05, 4.69) is 30.9 Å². The molecule has 66 valence electrons. The number of nitrogens with zero attached hydrogens (tertiary/aromatic N) is 2. The Labute approximate surface area is 81.1 Å².